The Kier molecular flexibility index (Phi) is 8.04. The van der Waals surface area contributed by atoms with Crippen molar-refractivity contribution in [2.75, 3.05) is 33.3 Å². The van der Waals surface area contributed by atoms with Gasteiger partial charge in [0.15, 0.2) is 0 Å². The van der Waals surface area contributed by atoms with Crippen molar-refractivity contribution in [2.24, 2.45) is 11.8 Å². The molecule has 0 bridgehead atoms. The van der Waals surface area contributed by atoms with Crippen LogP contribution in [0.2, 0.25) is 5.02 Å². The molecule has 1 heterocycles. The number of halogens is 2. The van der Waals surface area contributed by atoms with Gasteiger partial charge < -0.3 is 10.1 Å². The van der Waals surface area contributed by atoms with E-state index in [-0.39, 0.29) is 17.3 Å². The molecule has 8 heteroatoms. The summed E-state index contributed by atoms with van der Waals surface area (Å²) in [6, 6.07) is 4.90. The van der Waals surface area contributed by atoms with Gasteiger partial charge in [-0.15, -0.1) is 12.4 Å². The standard InChI is InChI=1S/C18H27ClN2O3S.ClH/c1-20-11-15-6-3-9-21(12-15)25(22,23)18-10-16(19)7-8-17(18)24-13-14-4-2-5-14;/h7-8,10,14-15,20H,2-6,9,11-13H2,1H3;1H. The number of piperidine rings is 1. The lowest BCUT2D eigenvalue weighted by atomic mass is 9.86. The Morgan fingerprint density at radius 1 is 1.23 bits per heavy atom. The molecule has 1 atom stereocenters. The van der Waals surface area contributed by atoms with Gasteiger partial charge in [0.05, 0.1) is 6.61 Å². The average Bonchev–Trinajstić information content (AvgIpc) is 2.55. The fourth-order valence-corrected chi connectivity index (χ4v) is 5.46. The number of hydrogen-bond donors (Lipinski definition) is 1. The van der Waals surface area contributed by atoms with E-state index < -0.39 is 10.0 Å². The molecule has 1 aliphatic carbocycles. The molecule has 148 valence electrons. The van der Waals surface area contributed by atoms with Crippen molar-refractivity contribution >= 4 is 34.0 Å². The number of nitrogens with zero attached hydrogens (tertiary/aromatic N) is 1. The van der Waals surface area contributed by atoms with Crippen LogP contribution in [0.3, 0.4) is 0 Å². The number of hydrogen-bond acceptors (Lipinski definition) is 4. The molecule has 26 heavy (non-hydrogen) atoms. The van der Waals surface area contributed by atoms with Crippen LogP contribution in [0, 0.1) is 11.8 Å². The van der Waals surface area contributed by atoms with Gasteiger partial charge in [0, 0.05) is 18.1 Å². The van der Waals surface area contributed by atoms with Crippen LogP contribution in [-0.2, 0) is 10.0 Å². The first kappa shape index (κ1) is 21.8. The SMILES string of the molecule is CNCC1CCCN(S(=O)(=O)c2cc(Cl)ccc2OCC2CCC2)C1.Cl. The van der Waals surface area contributed by atoms with Gasteiger partial charge in [-0.2, -0.15) is 4.31 Å². The van der Waals surface area contributed by atoms with E-state index >= 15 is 0 Å². The Bertz CT molecular complexity index is 694. The normalized spacial score (nSPS) is 21.7. The van der Waals surface area contributed by atoms with Crippen LogP contribution in [0.1, 0.15) is 32.1 Å². The van der Waals surface area contributed by atoms with Crippen LogP contribution >= 0.6 is 24.0 Å². The summed E-state index contributed by atoms with van der Waals surface area (Å²) in [6.07, 6.45) is 5.49. The summed E-state index contributed by atoms with van der Waals surface area (Å²) >= 11 is 6.09. The molecule has 1 aliphatic heterocycles. The fourth-order valence-electron chi connectivity index (χ4n) is 3.51. The Morgan fingerprint density at radius 2 is 1.96 bits per heavy atom. The van der Waals surface area contributed by atoms with E-state index in [1.807, 2.05) is 7.05 Å². The summed E-state index contributed by atoms with van der Waals surface area (Å²) in [4.78, 5) is 0.199. The predicted octanol–water partition coefficient (Wildman–Crippen LogP) is 3.56. The zero-order chi connectivity index (χ0) is 17.9. The van der Waals surface area contributed by atoms with E-state index in [1.165, 1.54) is 12.5 Å². The van der Waals surface area contributed by atoms with E-state index in [0.29, 0.717) is 42.3 Å². The van der Waals surface area contributed by atoms with Gasteiger partial charge in [-0.1, -0.05) is 18.0 Å². The largest absolute Gasteiger partial charge is 0.492 e. The van der Waals surface area contributed by atoms with Gasteiger partial charge in [-0.25, -0.2) is 8.42 Å². The zero-order valence-corrected chi connectivity index (χ0v) is 17.5. The Balaban J connectivity index is 0.00000243. The molecule has 1 aromatic rings. The topological polar surface area (TPSA) is 58.6 Å². The van der Waals surface area contributed by atoms with Crippen LogP contribution in [0.4, 0.5) is 0 Å². The molecule has 1 saturated heterocycles. The Hall–Kier alpha value is -0.530. The highest BCUT2D eigenvalue weighted by atomic mass is 35.5. The fraction of sp³-hybridized carbons (Fsp3) is 0.667. The molecule has 1 N–H and O–H groups in total. The first-order chi connectivity index (χ1) is 12.0. The number of rotatable bonds is 7. The van der Waals surface area contributed by atoms with Crippen LogP contribution in [0.5, 0.6) is 5.75 Å². The molecule has 0 radical (unpaired) electrons. The molecule has 1 saturated carbocycles. The highest BCUT2D eigenvalue weighted by molar-refractivity contribution is 7.89. The second-order valence-corrected chi connectivity index (χ2v) is 9.47. The highest BCUT2D eigenvalue weighted by Gasteiger charge is 2.32. The van der Waals surface area contributed by atoms with Gasteiger partial charge in [0.25, 0.3) is 0 Å². The molecule has 2 aliphatic rings. The Labute approximate surface area is 167 Å². The van der Waals surface area contributed by atoms with Crippen molar-refractivity contribution in [2.45, 2.75) is 37.0 Å². The third kappa shape index (κ3) is 5.04. The lowest BCUT2D eigenvalue weighted by molar-refractivity contribution is 0.177. The summed E-state index contributed by atoms with van der Waals surface area (Å²) in [5.41, 5.74) is 0. The summed E-state index contributed by atoms with van der Waals surface area (Å²) in [6.45, 7) is 2.49. The van der Waals surface area contributed by atoms with Crippen LogP contribution < -0.4 is 10.1 Å². The molecule has 1 unspecified atom stereocenters. The minimum Gasteiger partial charge on any atom is -0.492 e. The van der Waals surface area contributed by atoms with E-state index in [1.54, 1.807) is 16.4 Å². The van der Waals surface area contributed by atoms with E-state index in [2.05, 4.69) is 5.32 Å². The van der Waals surface area contributed by atoms with Gasteiger partial charge in [0.1, 0.15) is 10.6 Å². The second-order valence-electron chi connectivity index (χ2n) is 7.13. The molecule has 0 aromatic heterocycles. The molecule has 1 aromatic carbocycles. The quantitative estimate of drug-likeness (QED) is 0.729. The van der Waals surface area contributed by atoms with Crippen LogP contribution in [0.15, 0.2) is 23.1 Å². The van der Waals surface area contributed by atoms with E-state index in [4.69, 9.17) is 16.3 Å². The number of nitrogens with one attached hydrogen (secondary N) is 1. The minimum absolute atomic E-state index is 0. The van der Waals surface area contributed by atoms with Crippen molar-refractivity contribution in [3.05, 3.63) is 23.2 Å². The highest BCUT2D eigenvalue weighted by Crippen LogP contribution is 2.34. The Morgan fingerprint density at radius 3 is 2.62 bits per heavy atom. The molecule has 5 nitrogen and oxygen atoms in total. The summed E-state index contributed by atoms with van der Waals surface area (Å²) < 4.78 is 33.9. The third-order valence-corrected chi connectivity index (χ3v) is 7.32. The van der Waals surface area contributed by atoms with Gasteiger partial charge in [-0.05, 0) is 69.3 Å². The first-order valence-corrected chi connectivity index (χ1v) is 10.9. The summed E-state index contributed by atoms with van der Waals surface area (Å²) in [5.74, 6) is 1.31. The zero-order valence-electron chi connectivity index (χ0n) is 15.1. The maximum atomic E-state index is 13.2. The van der Waals surface area contributed by atoms with Crippen molar-refractivity contribution in [3.8, 4) is 5.75 Å². The second kappa shape index (κ2) is 9.60. The number of benzene rings is 1. The summed E-state index contributed by atoms with van der Waals surface area (Å²) in [5, 5.41) is 3.56. The van der Waals surface area contributed by atoms with Crippen molar-refractivity contribution in [1.82, 2.24) is 9.62 Å². The van der Waals surface area contributed by atoms with Crippen molar-refractivity contribution < 1.29 is 13.2 Å². The van der Waals surface area contributed by atoms with Crippen LogP contribution in [0.25, 0.3) is 0 Å². The maximum absolute atomic E-state index is 13.2. The number of sulfonamides is 1. The van der Waals surface area contributed by atoms with E-state index in [9.17, 15) is 8.42 Å². The molecule has 3 rings (SSSR count). The molecule has 2 fully saturated rings. The van der Waals surface area contributed by atoms with Gasteiger partial charge >= 0.3 is 0 Å². The first-order valence-electron chi connectivity index (χ1n) is 9.08. The van der Waals surface area contributed by atoms with Crippen LogP contribution in [-0.4, -0.2) is 46.0 Å². The van der Waals surface area contributed by atoms with Crippen molar-refractivity contribution in [1.29, 1.82) is 0 Å². The summed E-state index contributed by atoms with van der Waals surface area (Å²) in [7, 11) is -1.71. The maximum Gasteiger partial charge on any atom is 0.246 e. The van der Waals surface area contributed by atoms with Gasteiger partial charge in [0.2, 0.25) is 10.0 Å². The van der Waals surface area contributed by atoms with Crippen molar-refractivity contribution in [3.63, 3.8) is 0 Å². The third-order valence-electron chi connectivity index (χ3n) is 5.20. The predicted molar refractivity (Wildman–Crippen MR) is 107 cm³/mol. The molecular weight excluding hydrogens is 395 g/mol. The monoisotopic (exact) mass is 422 g/mol. The number of ether oxygens (including phenoxy) is 1. The lowest BCUT2D eigenvalue weighted by Gasteiger charge is -2.32. The molecule has 0 amide bonds. The molecule has 0 spiro atoms. The van der Waals surface area contributed by atoms with E-state index in [0.717, 1.165) is 32.2 Å². The average molecular weight is 423 g/mol. The minimum atomic E-state index is -3.61. The van der Waals surface area contributed by atoms with Gasteiger partial charge in [-0.3, -0.25) is 0 Å². The smallest absolute Gasteiger partial charge is 0.246 e. The molecular formula is C18H28Cl2N2O3S. The lowest BCUT2D eigenvalue weighted by Crippen LogP contribution is -2.42.